The lowest BCUT2D eigenvalue weighted by atomic mass is 9.99. The summed E-state index contributed by atoms with van der Waals surface area (Å²) in [6.07, 6.45) is 3.99. The van der Waals surface area contributed by atoms with Crippen molar-refractivity contribution in [3.8, 4) is 11.5 Å². The second-order valence-corrected chi connectivity index (χ2v) is 8.04. The van der Waals surface area contributed by atoms with Gasteiger partial charge < -0.3 is 19.5 Å². The summed E-state index contributed by atoms with van der Waals surface area (Å²) in [5, 5.41) is 3.02. The van der Waals surface area contributed by atoms with Crippen LogP contribution in [0.2, 0.25) is 0 Å². The number of amides is 2. The van der Waals surface area contributed by atoms with Gasteiger partial charge in [-0.15, -0.1) is 0 Å². The zero-order valence-corrected chi connectivity index (χ0v) is 18.7. The SMILES string of the molecule is CCCC[C@@H](CC)CNC(=O)[C@@H]1CCC(=O)N1[C@@H]1OC(=O)c2c1ccc(OC)c2OC. The molecule has 2 heterocycles. The number of carbonyl (C=O) groups is 3. The predicted molar refractivity (Wildman–Crippen MR) is 114 cm³/mol. The summed E-state index contributed by atoms with van der Waals surface area (Å²) in [6.45, 7) is 4.85. The van der Waals surface area contributed by atoms with Gasteiger partial charge in [0.25, 0.3) is 0 Å². The minimum atomic E-state index is -0.949. The Morgan fingerprint density at radius 2 is 2.03 bits per heavy atom. The standard InChI is InChI=1S/C23H32N2O6/c1-5-7-8-14(6-2)13-24-21(27)16-10-12-18(26)25(16)22-15-9-11-17(29-3)20(30-4)19(15)23(28)31-22/h9,11,14,16,22H,5-8,10,12-13H2,1-4H3,(H,24,27)/t14-,16+,22-/m1/s1. The highest BCUT2D eigenvalue weighted by molar-refractivity contribution is 5.99. The molecule has 31 heavy (non-hydrogen) atoms. The van der Waals surface area contributed by atoms with Gasteiger partial charge in [-0.1, -0.05) is 33.1 Å². The fourth-order valence-electron chi connectivity index (χ4n) is 4.35. The van der Waals surface area contributed by atoms with Crippen LogP contribution in [0.3, 0.4) is 0 Å². The van der Waals surface area contributed by atoms with E-state index in [4.69, 9.17) is 14.2 Å². The van der Waals surface area contributed by atoms with Crippen LogP contribution in [-0.2, 0) is 14.3 Å². The van der Waals surface area contributed by atoms with Gasteiger partial charge in [0.05, 0.1) is 14.2 Å². The van der Waals surface area contributed by atoms with Crippen LogP contribution in [0.15, 0.2) is 12.1 Å². The molecule has 2 aliphatic heterocycles. The molecule has 3 rings (SSSR count). The van der Waals surface area contributed by atoms with Crippen molar-refractivity contribution in [2.75, 3.05) is 20.8 Å². The first-order valence-electron chi connectivity index (χ1n) is 11.0. The van der Waals surface area contributed by atoms with Gasteiger partial charge in [-0.05, 0) is 30.9 Å². The maximum Gasteiger partial charge on any atom is 0.344 e. The molecule has 0 unspecified atom stereocenters. The number of nitrogens with one attached hydrogen (secondary N) is 1. The predicted octanol–water partition coefficient (Wildman–Crippen LogP) is 3.20. The molecular formula is C23H32N2O6. The van der Waals surface area contributed by atoms with Crippen molar-refractivity contribution in [3.63, 3.8) is 0 Å². The van der Waals surface area contributed by atoms with Crippen molar-refractivity contribution in [1.82, 2.24) is 10.2 Å². The van der Waals surface area contributed by atoms with Crippen LogP contribution in [0, 0.1) is 5.92 Å². The summed E-state index contributed by atoms with van der Waals surface area (Å²) in [5.41, 5.74) is 0.737. The maximum absolute atomic E-state index is 13.0. The van der Waals surface area contributed by atoms with Crippen molar-refractivity contribution in [2.24, 2.45) is 5.92 Å². The van der Waals surface area contributed by atoms with Gasteiger partial charge in [0.15, 0.2) is 11.5 Å². The van der Waals surface area contributed by atoms with Crippen molar-refractivity contribution >= 4 is 17.8 Å². The molecule has 0 bridgehead atoms. The molecule has 0 aromatic heterocycles. The Kier molecular flexibility index (Phi) is 7.41. The maximum atomic E-state index is 13.0. The fraction of sp³-hybridized carbons (Fsp3) is 0.609. The molecule has 1 aromatic rings. The van der Waals surface area contributed by atoms with Crippen LogP contribution in [0.1, 0.15) is 74.5 Å². The van der Waals surface area contributed by atoms with E-state index in [1.54, 1.807) is 12.1 Å². The second kappa shape index (κ2) is 10.0. The van der Waals surface area contributed by atoms with E-state index in [0.717, 1.165) is 25.7 Å². The van der Waals surface area contributed by atoms with E-state index in [1.807, 2.05) is 0 Å². The van der Waals surface area contributed by atoms with Gasteiger partial charge in [0, 0.05) is 18.5 Å². The number of methoxy groups -OCH3 is 2. The summed E-state index contributed by atoms with van der Waals surface area (Å²) in [6, 6.07) is 2.68. The molecule has 2 amide bonds. The molecule has 1 fully saturated rings. The van der Waals surface area contributed by atoms with Gasteiger partial charge in [-0.25, -0.2) is 4.79 Å². The Bertz CT molecular complexity index is 840. The first-order valence-corrected chi connectivity index (χ1v) is 11.0. The Labute approximate surface area is 183 Å². The molecule has 1 saturated heterocycles. The average Bonchev–Trinajstić information content (AvgIpc) is 3.32. The largest absolute Gasteiger partial charge is 0.493 e. The number of cyclic esters (lactones) is 1. The summed E-state index contributed by atoms with van der Waals surface area (Å²) >= 11 is 0. The molecule has 0 aliphatic carbocycles. The third-order valence-corrected chi connectivity index (χ3v) is 6.19. The van der Waals surface area contributed by atoms with E-state index in [2.05, 4.69) is 19.2 Å². The van der Waals surface area contributed by atoms with E-state index >= 15 is 0 Å². The Hall–Kier alpha value is -2.77. The molecule has 170 valence electrons. The van der Waals surface area contributed by atoms with E-state index in [1.165, 1.54) is 19.1 Å². The zero-order chi connectivity index (χ0) is 22.5. The molecule has 3 atom stereocenters. The number of rotatable bonds is 10. The molecule has 0 radical (unpaired) electrons. The number of hydrogen-bond acceptors (Lipinski definition) is 6. The van der Waals surface area contributed by atoms with Crippen LogP contribution >= 0.6 is 0 Å². The van der Waals surface area contributed by atoms with Crippen LogP contribution in [0.4, 0.5) is 0 Å². The number of benzene rings is 1. The Balaban J connectivity index is 1.80. The number of esters is 1. The monoisotopic (exact) mass is 432 g/mol. The molecule has 8 nitrogen and oxygen atoms in total. The van der Waals surface area contributed by atoms with Gasteiger partial charge in [-0.2, -0.15) is 0 Å². The molecule has 8 heteroatoms. The van der Waals surface area contributed by atoms with Crippen molar-refractivity contribution < 1.29 is 28.6 Å². The van der Waals surface area contributed by atoms with Crippen LogP contribution in [0.5, 0.6) is 11.5 Å². The van der Waals surface area contributed by atoms with E-state index < -0.39 is 18.2 Å². The van der Waals surface area contributed by atoms with Gasteiger partial charge in [0.1, 0.15) is 11.6 Å². The van der Waals surface area contributed by atoms with E-state index in [9.17, 15) is 14.4 Å². The van der Waals surface area contributed by atoms with Gasteiger partial charge >= 0.3 is 5.97 Å². The first kappa shape index (κ1) is 22.9. The summed E-state index contributed by atoms with van der Waals surface area (Å²) < 4.78 is 16.2. The average molecular weight is 433 g/mol. The van der Waals surface area contributed by atoms with Crippen LogP contribution in [0.25, 0.3) is 0 Å². The van der Waals surface area contributed by atoms with Crippen LogP contribution < -0.4 is 14.8 Å². The second-order valence-electron chi connectivity index (χ2n) is 8.04. The lowest BCUT2D eigenvalue weighted by Crippen LogP contribution is -2.47. The smallest absolute Gasteiger partial charge is 0.344 e. The lowest BCUT2D eigenvalue weighted by molar-refractivity contribution is -0.145. The van der Waals surface area contributed by atoms with E-state index in [-0.39, 0.29) is 29.5 Å². The highest BCUT2D eigenvalue weighted by Gasteiger charge is 2.47. The molecule has 0 spiro atoms. The third kappa shape index (κ3) is 4.48. The molecule has 1 aromatic carbocycles. The number of carbonyl (C=O) groups excluding carboxylic acids is 3. The molecular weight excluding hydrogens is 400 g/mol. The number of fused-ring (bicyclic) bond motifs is 1. The highest BCUT2D eigenvalue weighted by Crippen LogP contribution is 2.45. The zero-order valence-electron chi connectivity index (χ0n) is 18.7. The third-order valence-electron chi connectivity index (χ3n) is 6.19. The van der Waals surface area contributed by atoms with Gasteiger partial charge in [0.2, 0.25) is 18.0 Å². The van der Waals surface area contributed by atoms with E-state index in [0.29, 0.717) is 30.2 Å². The fourth-order valence-corrected chi connectivity index (χ4v) is 4.35. The molecule has 1 N–H and O–H groups in total. The number of ether oxygens (including phenoxy) is 3. The van der Waals surface area contributed by atoms with Crippen molar-refractivity contribution in [3.05, 3.63) is 23.3 Å². The summed E-state index contributed by atoms with van der Waals surface area (Å²) in [4.78, 5) is 39.7. The van der Waals surface area contributed by atoms with Gasteiger partial charge in [-0.3, -0.25) is 14.5 Å². The summed E-state index contributed by atoms with van der Waals surface area (Å²) in [5.74, 6) is 0.0706. The van der Waals surface area contributed by atoms with Crippen LogP contribution in [-0.4, -0.2) is 49.5 Å². The molecule has 2 aliphatic rings. The first-order chi connectivity index (χ1) is 15.0. The highest BCUT2D eigenvalue weighted by atomic mass is 16.6. The number of nitrogens with zero attached hydrogens (tertiary/aromatic N) is 1. The minimum absolute atomic E-state index is 0.203. The Morgan fingerprint density at radius 3 is 2.68 bits per heavy atom. The van der Waals surface area contributed by atoms with Crippen molar-refractivity contribution in [1.29, 1.82) is 0 Å². The minimum Gasteiger partial charge on any atom is -0.493 e. The number of hydrogen-bond donors (Lipinski definition) is 1. The normalized spacial score (nSPS) is 21.0. The van der Waals surface area contributed by atoms with Crippen molar-refractivity contribution in [2.45, 2.75) is 64.6 Å². The quantitative estimate of drug-likeness (QED) is 0.571. The lowest BCUT2D eigenvalue weighted by Gasteiger charge is -2.29. The topological polar surface area (TPSA) is 94.2 Å². The summed E-state index contributed by atoms with van der Waals surface area (Å²) in [7, 11) is 2.93. The Morgan fingerprint density at radius 1 is 1.26 bits per heavy atom. The number of unbranched alkanes of at least 4 members (excludes halogenated alkanes) is 1. The number of likely N-dealkylation sites (tertiary alicyclic amines) is 1. The molecule has 0 saturated carbocycles.